The molecule has 0 fully saturated rings. The summed E-state index contributed by atoms with van der Waals surface area (Å²) in [4.78, 5) is 1.93. The van der Waals surface area contributed by atoms with Gasteiger partial charge in [-0.05, 0) is 18.6 Å². The van der Waals surface area contributed by atoms with Crippen molar-refractivity contribution in [2.75, 3.05) is 13.6 Å². The number of nitrogens with zero attached hydrogens (tertiary/aromatic N) is 2. The molecule has 0 radical (unpaired) electrons. The third-order valence-electron chi connectivity index (χ3n) is 2.12. The van der Waals surface area contributed by atoms with Crippen molar-refractivity contribution in [3.8, 4) is 0 Å². The summed E-state index contributed by atoms with van der Waals surface area (Å²) in [6.45, 7) is 2.96. The van der Waals surface area contributed by atoms with E-state index in [1.54, 1.807) is 0 Å². The number of oxime groups is 1. The molecule has 0 aliphatic rings. The van der Waals surface area contributed by atoms with Crippen LogP contribution in [0.2, 0.25) is 0 Å². The Balaban J connectivity index is 2.88. The zero-order valence-corrected chi connectivity index (χ0v) is 10.5. The van der Waals surface area contributed by atoms with Crippen molar-refractivity contribution in [2.24, 2.45) is 5.16 Å². The average molecular weight is 271 g/mol. The topological polar surface area (TPSA) is 35.8 Å². The summed E-state index contributed by atoms with van der Waals surface area (Å²) in [5, 5.41) is 12.3. The Hall–Kier alpha value is -1.03. The normalized spacial score (nSPS) is 11.5. The minimum Gasteiger partial charge on any atom is -0.409 e. The van der Waals surface area contributed by atoms with Crippen molar-refractivity contribution in [2.45, 2.75) is 13.3 Å². The summed E-state index contributed by atoms with van der Waals surface area (Å²) < 4.78 is 1.02. The lowest BCUT2D eigenvalue weighted by molar-refractivity contribution is 0.306. The Labute approximate surface area is 98.5 Å². The van der Waals surface area contributed by atoms with Crippen LogP contribution in [0, 0.1) is 0 Å². The van der Waals surface area contributed by atoms with E-state index in [0.29, 0.717) is 5.84 Å². The standard InChI is InChI=1S/C11H15BrN2O/c1-3-8-14(2)11(13-15)9-4-6-10(12)7-5-9/h4-7,15H,3,8H2,1-2H3. The summed E-state index contributed by atoms with van der Waals surface area (Å²) in [6.07, 6.45) is 1.02. The van der Waals surface area contributed by atoms with E-state index in [1.807, 2.05) is 36.2 Å². The summed E-state index contributed by atoms with van der Waals surface area (Å²) in [5.74, 6) is 0.601. The number of rotatable bonds is 3. The molecule has 0 atom stereocenters. The van der Waals surface area contributed by atoms with Gasteiger partial charge in [0.1, 0.15) is 0 Å². The van der Waals surface area contributed by atoms with Crippen LogP contribution < -0.4 is 0 Å². The molecule has 0 aromatic heterocycles. The van der Waals surface area contributed by atoms with Crippen LogP contribution in [-0.4, -0.2) is 29.5 Å². The van der Waals surface area contributed by atoms with Gasteiger partial charge in [0.15, 0.2) is 5.84 Å². The Morgan fingerprint density at radius 3 is 2.47 bits per heavy atom. The first kappa shape index (κ1) is 12.0. The number of benzene rings is 1. The van der Waals surface area contributed by atoms with E-state index in [2.05, 4.69) is 28.0 Å². The van der Waals surface area contributed by atoms with Gasteiger partial charge < -0.3 is 10.1 Å². The van der Waals surface area contributed by atoms with Crippen LogP contribution in [-0.2, 0) is 0 Å². The van der Waals surface area contributed by atoms with E-state index < -0.39 is 0 Å². The molecule has 82 valence electrons. The fraction of sp³-hybridized carbons (Fsp3) is 0.364. The summed E-state index contributed by atoms with van der Waals surface area (Å²) >= 11 is 3.37. The smallest absolute Gasteiger partial charge is 0.175 e. The van der Waals surface area contributed by atoms with Crippen molar-refractivity contribution in [1.29, 1.82) is 0 Å². The molecule has 15 heavy (non-hydrogen) atoms. The third kappa shape index (κ3) is 3.23. The highest BCUT2D eigenvalue weighted by atomic mass is 79.9. The van der Waals surface area contributed by atoms with Crippen molar-refractivity contribution >= 4 is 21.8 Å². The molecule has 1 aromatic rings. The Morgan fingerprint density at radius 1 is 1.40 bits per heavy atom. The SMILES string of the molecule is CCCN(C)C(=NO)c1ccc(Br)cc1. The molecule has 0 aliphatic carbocycles. The molecule has 0 amide bonds. The monoisotopic (exact) mass is 270 g/mol. The lowest BCUT2D eigenvalue weighted by atomic mass is 10.2. The minimum atomic E-state index is 0.601. The molecule has 1 rings (SSSR count). The highest BCUT2D eigenvalue weighted by molar-refractivity contribution is 9.10. The first-order valence-corrected chi connectivity index (χ1v) is 5.67. The van der Waals surface area contributed by atoms with Crippen LogP contribution in [0.5, 0.6) is 0 Å². The molecule has 0 unspecified atom stereocenters. The second-order valence-electron chi connectivity index (χ2n) is 3.35. The highest BCUT2D eigenvalue weighted by Crippen LogP contribution is 2.12. The molecule has 0 spiro atoms. The van der Waals surface area contributed by atoms with Gasteiger partial charge in [-0.3, -0.25) is 0 Å². The zero-order chi connectivity index (χ0) is 11.3. The molecule has 0 saturated carbocycles. The predicted molar refractivity (Wildman–Crippen MR) is 65.4 cm³/mol. The lowest BCUT2D eigenvalue weighted by Gasteiger charge is -2.19. The molecule has 0 saturated heterocycles. The first-order valence-electron chi connectivity index (χ1n) is 4.88. The molecule has 0 aliphatic heterocycles. The second kappa shape index (κ2) is 5.75. The maximum absolute atomic E-state index is 8.98. The zero-order valence-electron chi connectivity index (χ0n) is 8.94. The van der Waals surface area contributed by atoms with Crippen LogP contribution in [0.4, 0.5) is 0 Å². The van der Waals surface area contributed by atoms with E-state index in [1.165, 1.54) is 0 Å². The van der Waals surface area contributed by atoms with Gasteiger partial charge in [0.05, 0.1) is 0 Å². The largest absolute Gasteiger partial charge is 0.409 e. The van der Waals surface area contributed by atoms with E-state index in [9.17, 15) is 0 Å². The Morgan fingerprint density at radius 2 is 2.00 bits per heavy atom. The summed E-state index contributed by atoms with van der Waals surface area (Å²) in [6, 6.07) is 7.71. The maximum Gasteiger partial charge on any atom is 0.175 e. The average Bonchev–Trinajstić information content (AvgIpc) is 2.22. The number of hydrogen-bond donors (Lipinski definition) is 1. The van der Waals surface area contributed by atoms with Gasteiger partial charge >= 0.3 is 0 Å². The Bertz CT molecular complexity index is 335. The molecule has 1 aromatic carbocycles. The number of hydrogen-bond acceptors (Lipinski definition) is 2. The van der Waals surface area contributed by atoms with Crippen molar-refractivity contribution in [3.05, 3.63) is 34.3 Å². The fourth-order valence-corrected chi connectivity index (χ4v) is 1.66. The quantitative estimate of drug-likeness (QED) is 0.397. The van der Waals surface area contributed by atoms with Crippen molar-refractivity contribution in [1.82, 2.24) is 4.90 Å². The van der Waals surface area contributed by atoms with Gasteiger partial charge in [0.25, 0.3) is 0 Å². The molecule has 4 heteroatoms. The van der Waals surface area contributed by atoms with Gasteiger partial charge in [0.2, 0.25) is 0 Å². The molecule has 0 heterocycles. The van der Waals surface area contributed by atoms with Gasteiger partial charge in [-0.25, -0.2) is 0 Å². The van der Waals surface area contributed by atoms with E-state index in [-0.39, 0.29) is 0 Å². The van der Waals surface area contributed by atoms with Crippen LogP contribution in [0.15, 0.2) is 33.9 Å². The molecule has 3 nitrogen and oxygen atoms in total. The van der Waals surface area contributed by atoms with Gasteiger partial charge in [-0.15, -0.1) is 0 Å². The number of halogens is 1. The predicted octanol–water partition coefficient (Wildman–Crippen LogP) is 2.93. The lowest BCUT2D eigenvalue weighted by Crippen LogP contribution is -2.28. The maximum atomic E-state index is 8.98. The van der Waals surface area contributed by atoms with Crippen molar-refractivity contribution in [3.63, 3.8) is 0 Å². The molecule has 1 N–H and O–H groups in total. The van der Waals surface area contributed by atoms with Crippen LogP contribution >= 0.6 is 15.9 Å². The molecular formula is C11H15BrN2O. The number of amidine groups is 1. The third-order valence-corrected chi connectivity index (χ3v) is 2.65. The van der Waals surface area contributed by atoms with Gasteiger partial charge in [-0.2, -0.15) is 0 Å². The van der Waals surface area contributed by atoms with Gasteiger partial charge in [0, 0.05) is 23.6 Å². The summed E-state index contributed by atoms with van der Waals surface area (Å²) in [5.41, 5.74) is 0.914. The van der Waals surface area contributed by atoms with Crippen molar-refractivity contribution < 1.29 is 5.21 Å². The highest BCUT2D eigenvalue weighted by Gasteiger charge is 2.08. The first-order chi connectivity index (χ1) is 7.19. The van der Waals surface area contributed by atoms with E-state index in [4.69, 9.17) is 5.21 Å². The van der Waals surface area contributed by atoms with E-state index in [0.717, 1.165) is 23.0 Å². The second-order valence-corrected chi connectivity index (χ2v) is 4.27. The van der Waals surface area contributed by atoms with Crippen LogP contribution in [0.3, 0.4) is 0 Å². The molecular weight excluding hydrogens is 256 g/mol. The van der Waals surface area contributed by atoms with Gasteiger partial charge in [-0.1, -0.05) is 40.1 Å². The van der Waals surface area contributed by atoms with Crippen LogP contribution in [0.1, 0.15) is 18.9 Å². The van der Waals surface area contributed by atoms with E-state index >= 15 is 0 Å². The Kier molecular flexibility index (Phi) is 4.62. The summed E-state index contributed by atoms with van der Waals surface area (Å²) in [7, 11) is 1.92. The molecule has 0 bridgehead atoms. The fourth-order valence-electron chi connectivity index (χ4n) is 1.39. The minimum absolute atomic E-state index is 0.601. The van der Waals surface area contributed by atoms with Crippen LogP contribution in [0.25, 0.3) is 0 Å².